The molecule has 104 valence electrons. The van der Waals surface area contributed by atoms with Gasteiger partial charge < -0.3 is 0 Å². The Labute approximate surface area is 124 Å². The monoisotopic (exact) mass is 299 g/mol. The molecule has 0 N–H and O–H groups in total. The Balaban J connectivity index is 1.96. The fraction of sp³-hybridized carbons (Fsp3) is 0.533. The van der Waals surface area contributed by atoms with E-state index in [1.165, 1.54) is 6.42 Å². The minimum Gasteiger partial charge on any atom is -0.296 e. The van der Waals surface area contributed by atoms with Crippen LogP contribution in [0.15, 0.2) is 18.2 Å². The van der Waals surface area contributed by atoms with E-state index in [1.54, 1.807) is 18.2 Å². The summed E-state index contributed by atoms with van der Waals surface area (Å²) in [4.78, 5) is 14.4. The highest BCUT2D eigenvalue weighted by Gasteiger charge is 2.26. The molecule has 0 spiro atoms. The minimum absolute atomic E-state index is 0.114. The van der Waals surface area contributed by atoms with E-state index < -0.39 is 0 Å². The predicted molar refractivity (Wildman–Crippen MR) is 80.2 cm³/mol. The Bertz CT molecular complexity index is 473. The van der Waals surface area contributed by atoms with Gasteiger partial charge in [-0.05, 0) is 43.0 Å². The van der Waals surface area contributed by atoms with E-state index in [1.807, 2.05) is 0 Å². The second-order valence-electron chi connectivity index (χ2n) is 5.58. The number of halogens is 2. The van der Waals surface area contributed by atoms with Crippen LogP contribution in [0.2, 0.25) is 10.0 Å². The molecule has 0 amide bonds. The summed E-state index contributed by atoms with van der Waals surface area (Å²) in [7, 11) is 0. The smallest absolute Gasteiger partial charge is 0.176 e. The van der Waals surface area contributed by atoms with Crippen molar-refractivity contribution < 1.29 is 4.79 Å². The molecule has 0 aromatic heterocycles. The van der Waals surface area contributed by atoms with Crippen LogP contribution in [0.3, 0.4) is 0 Å². The van der Waals surface area contributed by atoms with Gasteiger partial charge in [-0.1, -0.05) is 37.0 Å². The number of carbonyl (C=O) groups is 1. The molecule has 0 aliphatic carbocycles. The number of hydrogen-bond acceptors (Lipinski definition) is 2. The van der Waals surface area contributed by atoms with Crippen LogP contribution in [-0.2, 0) is 0 Å². The number of rotatable bonds is 4. The second kappa shape index (κ2) is 6.25. The molecular weight excluding hydrogens is 281 g/mol. The van der Waals surface area contributed by atoms with Crippen molar-refractivity contribution in [2.75, 3.05) is 19.6 Å². The van der Waals surface area contributed by atoms with Crippen LogP contribution in [-0.4, -0.2) is 30.3 Å². The van der Waals surface area contributed by atoms with Crippen LogP contribution < -0.4 is 0 Å². The van der Waals surface area contributed by atoms with E-state index >= 15 is 0 Å². The lowest BCUT2D eigenvalue weighted by Gasteiger charge is -2.17. The maximum absolute atomic E-state index is 12.2. The molecule has 1 atom stereocenters. The number of carbonyl (C=O) groups excluding carboxylic acids is 1. The standard InChI is InChI=1S/C15H19Cl2NO/c1-10(2)12-5-6-18(8-12)9-15(19)11-3-4-13(16)14(17)7-11/h3-4,7,10,12H,5-6,8-9H2,1-2H3. The van der Waals surface area contributed by atoms with Gasteiger partial charge in [-0.15, -0.1) is 0 Å². The first-order valence-corrected chi connectivity index (χ1v) is 7.43. The maximum atomic E-state index is 12.2. The van der Waals surface area contributed by atoms with Crippen molar-refractivity contribution in [3.05, 3.63) is 33.8 Å². The Morgan fingerprint density at radius 1 is 1.37 bits per heavy atom. The number of nitrogens with zero attached hydrogens (tertiary/aromatic N) is 1. The van der Waals surface area contributed by atoms with Gasteiger partial charge in [0.15, 0.2) is 5.78 Å². The lowest BCUT2D eigenvalue weighted by molar-refractivity contribution is 0.0942. The van der Waals surface area contributed by atoms with Crippen molar-refractivity contribution >= 4 is 29.0 Å². The van der Waals surface area contributed by atoms with Crippen molar-refractivity contribution in [2.24, 2.45) is 11.8 Å². The summed E-state index contributed by atoms with van der Waals surface area (Å²) in [6, 6.07) is 5.08. The van der Waals surface area contributed by atoms with E-state index in [4.69, 9.17) is 23.2 Å². The van der Waals surface area contributed by atoms with Crippen molar-refractivity contribution in [3.8, 4) is 0 Å². The number of hydrogen-bond donors (Lipinski definition) is 0. The van der Waals surface area contributed by atoms with Crippen LogP contribution in [0.4, 0.5) is 0 Å². The average Bonchev–Trinajstić information content (AvgIpc) is 2.81. The highest BCUT2D eigenvalue weighted by molar-refractivity contribution is 6.42. The Morgan fingerprint density at radius 2 is 2.11 bits per heavy atom. The summed E-state index contributed by atoms with van der Waals surface area (Å²) in [6.45, 7) is 6.99. The third-order valence-electron chi connectivity index (χ3n) is 3.86. The second-order valence-corrected chi connectivity index (χ2v) is 6.39. The largest absolute Gasteiger partial charge is 0.296 e. The van der Waals surface area contributed by atoms with Crippen LogP contribution in [0.5, 0.6) is 0 Å². The number of likely N-dealkylation sites (tertiary alicyclic amines) is 1. The van der Waals surface area contributed by atoms with Gasteiger partial charge in [0.25, 0.3) is 0 Å². The zero-order chi connectivity index (χ0) is 14.0. The van der Waals surface area contributed by atoms with E-state index in [0.29, 0.717) is 34.0 Å². The van der Waals surface area contributed by atoms with Crippen LogP contribution in [0, 0.1) is 11.8 Å². The van der Waals surface area contributed by atoms with Gasteiger partial charge in [0.05, 0.1) is 16.6 Å². The normalized spacial score (nSPS) is 20.2. The van der Waals surface area contributed by atoms with Crippen LogP contribution in [0.25, 0.3) is 0 Å². The zero-order valence-corrected chi connectivity index (χ0v) is 12.8. The van der Waals surface area contributed by atoms with Crippen molar-refractivity contribution in [1.29, 1.82) is 0 Å². The first-order chi connectivity index (χ1) is 8.97. The molecular formula is C15H19Cl2NO. The molecule has 0 saturated carbocycles. The van der Waals surface area contributed by atoms with Gasteiger partial charge in [0.2, 0.25) is 0 Å². The van der Waals surface area contributed by atoms with Gasteiger partial charge >= 0.3 is 0 Å². The van der Waals surface area contributed by atoms with Crippen molar-refractivity contribution in [1.82, 2.24) is 4.90 Å². The van der Waals surface area contributed by atoms with Crippen molar-refractivity contribution in [2.45, 2.75) is 20.3 Å². The lowest BCUT2D eigenvalue weighted by atomic mass is 9.95. The average molecular weight is 300 g/mol. The number of ketones is 1. The van der Waals surface area contributed by atoms with Crippen LogP contribution >= 0.6 is 23.2 Å². The van der Waals surface area contributed by atoms with E-state index in [0.717, 1.165) is 13.1 Å². The summed E-state index contributed by atoms with van der Waals surface area (Å²) >= 11 is 11.8. The predicted octanol–water partition coefficient (Wildman–Crippen LogP) is 4.15. The molecule has 1 aliphatic rings. The molecule has 4 heteroatoms. The highest BCUT2D eigenvalue weighted by Crippen LogP contribution is 2.25. The molecule has 1 aromatic carbocycles. The quantitative estimate of drug-likeness (QED) is 0.778. The summed E-state index contributed by atoms with van der Waals surface area (Å²) in [5, 5.41) is 0.924. The lowest BCUT2D eigenvalue weighted by Crippen LogP contribution is -2.28. The molecule has 19 heavy (non-hydrogen) atoms. The third-order valence-corrected chi connectivity index (χ3v) is 4.60. The van der Waals surface area contributed by atoms with Gasteiger partial charge in [0.1, 0.15) is 0 Å². The third kappa shape index (κ3) is 3.71. The summed E-state index contributed by atoms with van der Waals surface area (Å²) in [5.74, 6) is 1.51. The van der Waals surface area contributed by atoms with Gasteiger partial charge in [-0.3, -0.25) is 9.69 Å². The fourth-order valence-corrected chi connectivity index (χ4v) is 2.81. The molecule has 0 bridgehead atoms. The van der Waals surface area contributed by atoms with Crippen LogP contribution in [0.1, 0.15) is 30.6 Å². The Kier molecular flexibility index (Phi) is 4.88. The van der Waals surface area contributed by atoms with Gasteiger partial charge in [-0.25, -0.2) is 0 Å². The molecule has 1 aliphatic heterocycles. The zero-order valence-electron chi connectivity index (χ0n) is 11.3. The number of Topliss-reactive ketones (excluding diaryl/α,β-unsaturated/α-hetero) is 1. The molecule has 2 rings (SSSR count). The SMILES string of the molecule is CC(C)C1CCN(CC(=O)c2ccc(Cl)c(Cl)c2)C1. The minimum atomic E-state index is 0.114. The topological polar surface area (TPSA) is 20.3 Å². The van der Waals surface area contributed by atoms with E-state index in [9.17, 15) is 4.79 Å². The van der Waals surface area contributed by atoms with Gasteiger partial charge in [-0.2, -0.15) is 0 Å². The summed E-state index contributed by atoms with van der Waals surface area (Å²) < 4.78 is 0. The summed E-state index contributed by atoms with van der Waals surface area (Å²) in [5.41, 5.74) is 0.641. The fourth-order valence-electron chi connectivity index (χ4n) is 2.51. The van der Waals surface area contributed by atoms with Crippen molar-refractivity contribution in [3.63, 3.8) is 0 Å². The highest BCUT2D eigenvalue weighted by atomic mass is 35.5. The summed E-state index contributed by atoms with van der Waals surface area (Å²) in [6.07, 6.45) is 1.19. The van der Waals surface area contributed by atoms with Gasteiger partial charge in [0, 0.05) is 12.1 Å². The molecule has 1 aromatic rings. The van der Waals surface area contributed by atoms with E-state index in [2.05, 4.69) is 18.7 Å². The maximum Gasteiger partial charge on any atom is 0.176 e. The number of benzene rings is 1. The molecule has 1 unspecified atom stereocenters. The molecule has 1 heterocycles. The first kappa shape index (κ1) is 14.8. The molecule has 1 fully saturated rings. The molecule has 2 nitrogen and oxygen atoms in total. The Hall–Kier alpha value is -0.570. The molecule has 0 radical (unpaired) electrons. The molecule has 1 saturated heterocycles. The van der Waals surface area contributed by atoms with E-state index in [-0.39, 0.29) is 5.78 Å². The first-order valence-electron chi connectivity index (χ1n) is 6.68. The Morgan fingerprint density at radius 3 is 2.68 bits per heavy atom.